The van der Waals surface area contributed by atoms with Gasteiger partial charge < -0.3 is 14.4 Å². The highest BCUT2D eigenvalue weighted by Crippen LogP contribution is 1.93. The van der Waals surface area contributed by atoms with Crippen LogP contribution in [0.2, 0.25) is 0 Å². The van der Waals surface area contributed by atoms with E-state index in [-0.39, 0.29) is 5.97 Å². The number of ether oxygens (including phenoxy) is 2. The number of carbonyl (C=O) groups excluding carboxylic acids is 1. The van der Waals surface area contributed by atoms with Crippen LogP contribution in [-0.2, 0) is 14.3 Å². The van der Waals surface area contributed by atoms with E-state index >= 15 is 0 Å². The molecule has 0 aliphatic heterocycles. The molecule has 0 rings (SSSR count). The van der Waals surface area contributed by atoms with Crippen LogP contribution in [0.4, 0.5) is 0 Å². The van der Waals surface area contributed by atoms with Gasteiger partial charge in [0.05, 0.1) is 13.0 Å². The Morgan fingerprint density at radius 2 is 2.07 bits per heavy atom. The fourth-order valence-electron chi connectivity index (χ4n) is 1.11. The molecule has 0 unspecified atom stereocenters. The smallest absolute Gasteiger partial charge is 0.307 e. The Hall–Kier alpha value is -0.610. The van der Waals surface area contributed by atoms with Crippen molar-refractivity contribution >= 4 is 5.97 Å². The number of esters is 1. The van der Waals surface area contributed by atoms with Gasteiger partial charge in [-0.2, -0.15) is 0 Å². The SMILES string of the molecule is CCOC(=O)CCN(C)CCCOC. The first-order valence-corrected chi connectivity index (χ1v) is 5.03. The Morgan fingerprint density at radius 1 is 1.36 bits per heavy atom. The summed E-state index contributed by atoms with van der Waals surface area (Å²) >= 11 is 0. The average Bonchev–Trinajstić information content (AvgIpc) is 2.16. The van der Waals surface area contributed by atoms with Gasteiger partial charge in [0.15, 0.2) is 0 Å². The maximum absolute atomic E-state index is 11.0. The molecule has 0 saturated carbocycles. The molecule has 0 bridgehead atoms. The van der Waals surface area contributed by atoms with Crippen LogP contribution in [0.3, 0.4) is 0 Å². The fourth-order valence-corrected chi connectivity index (χ4v) is 1.11. The van der Waals surface area contributed by atoms with Crippen molar-refractivity contribution in [2.45, 2.75) is 19.8 Å². The van der Waals surface area contributed by atoms with Crippen molar-refractivity contribution in [3.8, 4) is 0 Å². The second-order valence-electron chi connectivity index (χ2n) is 3.20. The largest absolute Gasteiger partial charge is 0.466 e. The van der Waals surface area contributed by atoms with Gasteiger partial charge in [-0.05, 0) is 20.4 Å². The van der Waals surface area contributed by atoms with E-state index in [0.29, 0.717) is 13.0 Å². The zero-order chi connectivity index (χ0) is 10.8. The molecule has 0 amide bonds. The van der Waals surface area contributed by atoms with Crippen LogP contribution in [-0.4, -0.2) is 51.3 Å². The Kier molecular flexibility index (Phi) is 8.57. The van der Waals surface area contributed by atoms with Crippen LogP contribution in [0, 0.1) is 0 Å². The summed E-state index contributed by atoms with van der Waals surface area (Å²) < 4.78 is 9.77. The molecule has 0 N–H and O–H groups in total. The standard InChI is InChI=1S/C10H21NO3/c1-4-14-10(12)6-8-11(2)7-5-9-13-3/h4-9H2,1-3H3. The summed E-state index contributed by atoms with van der Waals surface area (Å²) in [6.07, 6.45) is 1.47. The minimum atomic E-state index is -0.119. The van der Waals surface area contributed by atoms with Gasteiger partial charge in [-0.1, -0.05) is 0 Å². The summed E-state index contributed by atoms with van der Waals surface area (Å²) in [6, 6.07) is 0. The highest BCUT2D eigenvalue weighted by Gasteiger charge is 2.04. The molecule has 84 valence electrons. The monoisotopic (exact) mass is 203 g/mol. The third-order valence-electron chi connectivity index (χ3n) is 1.89. The van der Waals surface area contributed by atoms with Gasteiger partial charge >= 0.3 is 5.97 Å². The molecule has 0 aromatic carbocycles. The summed E-state index contributed by atoms with van der Waals surface area (Å²) in [5.74, 6) is -0.119. The van der Waals surface area contributed by atoms with Crippen molar-refractivity contribution in [3.05, 3.63) is 0 Å². The number of carbonyl (C=O) groups is 1. The van der Waals surface area contributed by atoms with Crippen molar-refractivity contribution in [3.63, 3.8) is 0 Å². The van der Waals surface area contributed by atoms with E-state index in [1.54, 1.807) is 7.11 Å². The summed E-state index contributed by atoms with van der Waals surface area (Å²) in [5.41, 5.74) is 0. The van der Waals surface area contributed by atoms with Gasteiger partial charge in [0.1, 0.15) is 0 Å². The van der Waals surface area contributed by atoms with E-state index in [1.807, 2.05) is 14.0 Å². The molecule has 0 spiro atoms. The van der Waals surface area contributed by atoms with Gasteiger partial charge in [0.25, 0.3) is 0 Å². The molecule has 4 heteroatoms. The molecular formula is C10H21NO3. The number of methoxy groups -OCH3 is 1. The van der Waals surface area contributed by atoms with Crippen LogP contribution in [0.1, 0.15) is 19.8 Å². The first-order chi connectivity index (χ1) is 6.70. The molecule has 0 radical (unpaired) electrons. The third-order valence-corrected chi connectivity index (χ3v) is 1.89. The molecule has 0 aliphatic rings. The number of nitrogens with zero attached hydrogens (tertiary/aromatic N) is 1. The molecular weight excluding hydrogens is 182 g/mol. The summed E-state index contributed by atoms with van der Waals surface area (Å²) in [5, 5.41) is 0. The number of rotatable bonds is 8. The lowest BCUT2D eigenvalue weighted by molar-refractivity contribution is -0.143. The molecule has 0 atom stereocenters. The minimum Gasteiger partial charge on any atom is -0.466 e. The van der Waals surface area contributed by atoms with Gasteiger partial charge in [-0.15, -0.1) is 0 Å². The zero-order valence-corrected chi connectivity index (χ0v) is 9.41. The fraction of sp³-hybridized carbons (Fsp3) is 0.900. The first kappa shape index (κ1) is 13.4. The molecule has 0 saturated heterocycles. The van der Waals surface area contributed by atoms with E-state index in [9.17, 15) is 4.79 Å². The van der Waals surface area contributed by atoms with Crippen LogP contribution in [0.15, 0.2) is 0 Å². The lowest BCUT2D eigenvalue weighted by Crippen LogP contribution is -2.24. The Bertz CT molecular complexity index is 150. The summed E-state index contributed by atoms with van der Waals surface area (Å²) in [7, 11) is 3.69. The third kappa shape index (κ3) is 8.01. The predicted octanol–water partition coefficient (Wildman–Crippen LogP) is 0.908. The first-order valence-electron chi connectivity index (χ1n) is 5.03. The predicted molar refractivity (Wildman–Crippen MR) is 55.2 cm³/mol. The maximum atomic E-state index is 11.0. The van der Waals surface area contributed by atoms with Gasteiger partial charge in [-0.25, -0.2) is 0 Å². The van der Waals surface area contributed by atoms with Crippen molar-refractivity contribution in [1.82, 2.24) is 4.90 Å². The van der Waals surface area contributed by atoms with Gasteiger partial charge in [0.2, 0.25) is 0 Å². The number of hydrogen-bond acceptors (Lipinski definition) is 4. The Balaban J connectivity index is 3.33. The molecule has 0 aromatic heterocycles. The summed E-state index contributed by atoms with van der Waals surface area (Å²) in [4.78, 5) is 13.1. The summed E-state index contributed by atoms with van der Waals surface area (Å²) in [6.45, 7) is 4.76. The lowest BCUT2D eigenvalue weighted by Gasteiger charge is -2.15. The van der Waals surface area contributed by atoms with Crippen LogP contribution < -0.4 is 0 Å². The van der Waals surface area contributed by atoms with Gasteiger partial charge in [-0.3, -0.25) is 4.79 Å². The minimum absolute atomic E-state index is 0.119. The quantitative estimate of drug-likeness (QED) is 0.434. The molecule has 0 aromatic rings. The maximum Gasteiger partial charge on any atom is 0.307 e. The van der Waals surface area contributed by atoms with Crippen LogP contribution in [0.25, 0.3) is 0 Å². The van der Waals surface area contributed by atoms with Crippen LogP contribution >= 0.6 is 0 Å². The zero-order valence-electron chi connectivity index (χ0n) is 9.41. The Labute approximate surface area is 86.2 Å². The lowest BCUT2D eigenvalue weighted by atomic mass is 10.3. The topological polar surface area (TPSA) is 38.8 Å². The van der Waals surface area contributed by atoms with E-state index in [1.165, 1.54) is 0 Å². The van der Waals surface area contributed by atoms with E-state index in [0.717, 1.165) is 26.1 Å². The van der Waals surface area contributed by atoms with E-state index in [4.69, 9.17) is 9.47 Å². The molecule has 14 heavy (non-hydrogen) atoms. The molecule has 0 fully saturated rings. The van der Waals surface area contributed by atoms with Crippen molar-refractivity contribution in [2.24, 2.45) is 0 Å². The Morgan fingerprint density at radius 3 is 2.64 bits per heavy atom. The second kappa shape index (κ2) is 8.97. The normalized spacial score (nSPS) is 10.6. The van der Waals surface area contributed by atoms with E-state index < -0.39 is 0 Å². The van der Waals surface area contributed by atoms with Gasteiger partial charge in [0, 0.05) is 26.8 Å². The second-order valence-corrected chi connectivity index (χ2v) is 3.20. The van der Waals surface area contributed by atoms with Crippen molar-refractivity contribution < 1.29 is 14.3 Å². The highest BCUT2D eigenvalue weighted by atomic mass is 16.5. The van der Waals surface area contributed by atoms with E-state index in [2.05, 4.69) is 4.90 Å². The number of hydrogen-bond donors (Lipinski definition) is 0. The highest BCUT2D eigenvalue weighted by molar-refractivity contribution is 5.69. The average molecular weight is 203 g/mol. The molecule has 0 heterocycles. The molecule has 4 nitrogen and oxygen atoms in total. The van der Waals surface area contributed by atoms with Crippen molar-refractivity contribution in [2.75, 3.05) is 40.5 Å². The van der Waals surface area contributed by atoms with Crippen molar-refractivity contribution in [1.29, 1.82) is 0 Å². The van der Waals surface area contributed by atoms with Crippen LogP contribution in [0.5, 0.6) is 0 Å². The molecule has 0 aliphatic carbocycles.